The summed E-state index contributed by atoms with van der Waals surface area (Å²) in [6.07, 6.45) is 0. The Balaban J connectivity index is -0.0000000133. The fraction of sp³-hybridized carbons (Fsp3) is 0. The van der Waals surface area contributed by atoms with Gasteiger partial charge in [0.15, 0.2) is 17.4 Å². The summed E-state index contributed by atoms with van der Waals surface area (Å²) in [5, 5.41) is 0. The van der Waals surface area contributed by atoms with Crippen molar-refractivity contribution in [2.75, 3.05) is 0 Å². The van der Waals surface area contributed by atoms with Gasteiger partial charge in [0.1, 0.15) is 0 Å². The summed E-state index contributed by atoms with van der Waals surface area (Å²) >= 11 is 0. The summed E-state index contributed by atoms with van der Waals surface area (Å²) in [5.74, 6) is 0. The average molecular weight is 234 g/mol. The van der Waals surface area contributed by atoms with Crippen LogP contribution in [0, 0.1) is 0 Å². The molecular weight excluding hydrogens is 223 g/mol. The molecule has 0 heterocycles. The average Bonchev–Trinajstić information content (AvgIpc) is 0.722. The van der Waals surface area contributed by atoms with E-state index in [1.807, 2.05) is 0 Å². The molecule has 0 radical (unpaired) electrons. The minimum atomic E-state index is -4.61. The van der Waals surface area contributed by atoms with Crippen molar-refractivity contribution in [2.24, 2.45) is 0 Å². The first kappa shape index (κ1) is 30.3. The first-order chi connectivity index (χ1) is 2.00. The number of hydrogen-bond acceptors (Lipinski definition) is 4. The predicted molar refractivity (Wildman–Crippen MR) is 35.3 cm³/mol. The van der Waals surface area contributed by atoms with E-state index in [2.05, 4.69) is 0 Å². The van der Waals surface area contributed by atoms with Crippen molar-refractivity contribution >= 4 is 56.0 Å². The molecule has 0 aromatic rings. The maximum Gasteiger partial charge on any atom is 0 e. The second-order valence-electron chi connectivity index (χ2n) is 0.600. The Morgan fingerprint density at radius 2 is 0.889 bits per heavy atom. The fourth-order valence-corrected chi connectivity index (χ4v) is 0. The molecule has 0 aromatic heterocycles. The number of rotatable bonds is 0. The third-order valence-electron chi connectivity index (χ3n) is 0. The Labute approximate surface area is 99.1 Å². The van der Waals surface area contributed by atoms with Crippen LogP contribution in [-0.2, 0) is 19.5 Å². The molecule has 9 heteroatoms. The molecule has 0 unspecified atom stereocenters. The van der Waals surface area contributed by atoms with Crippen molar-refractivity contribution in [3.8, 4) is 0 Å². The van der Waals surface area contributed by atoms with Crippen LogP contribution in [0.5, 0.6) is 0 Å². The van der Waals surface area contributed by atoms with Gasteiger partial charge in [-0.05, 0) is 0 Å². The van der Waals surface area contributed by atoms with Gasteiger partial charge in [0.05, 0.1) is 0 Å². The van der Waals surface area contributed by atoms with E-state index in [0.29, 0.717) is 0 Å². The van der Waals surface area contributed by atoms with Gasteiger partial charge in [0.25, 0.3) is 0 Å². The third-order valence-corrected chi connectivity index (χ3v) is 0. The standard InChI is InChI=1S/Al.Na.H4O4Si.H2O.Zn.4H/c;;1-5(2,3)4;;;;;;/h;;1-4H;1H2;;;;;. The molecule has 0 spiro atoms. The zero-order valence-electron chi connectivity index (χ0n) is 3.50. The summed E-state index contributed by atoms with van der Waals surface area (Å²) < 4.78 is 0. The molecule has 0 saturated carbocycles. The van der Waals surface area contributed by atoms with Crippen molar-refractivity contribution in [1.82, 2.24) is 0 Å². The molecule has 0 amide bonds. The summed E-state index contributed by atoms with van der Waals surface area (Å²) in [4.78, 5) is 29.3. The minimum Gasteiger partial charge on any atom is 0 e. The van der Waals surface area contributed by atoms with Crippen LogP contribution in [0.2, 0.25) is 0 Å². The predicted octanol–water partition coefficient (Wildman–Crippen LogP) is -5.27. The Morgan fingerprint density at radius 1 is 0.889 bits per heavy atom. The fourth-order valence-electron chi connectivity index (χ4n) is 0. The molecule has 9 heavy (non-hydrogen) atoms. The van der Waals surface area contributed by atoms with Crippen molar-refractivity contribution in [2.45, 2.75) is 0 Å². The molecule has 0 bridgehead atoms. The molecule has 0 aliphatic heterocycles. The van der Waals surface area contributed by atoms with Crippen LogP contribution in [-0.4, -0.2) is 80.6 Å². The van der Waals surface area contributed by atoms with E-state index in [1.165, 1.54) is 0 Å². The van der Waals surface area contributed by atoms with E-state index in [-0.39, 0.29) is 71.9 Å². The van der Waals surface area contributed by atoms with E-state index in [0.717, 1.165) is 0 Å². The van der Waals surface area contributed by atoms with Gasteiger partial charge in [-0.2, -0.15) is 0 Å². The molecule has 0 aliphatic carbocycles. The van der Waals surface area contributed by atoms with Crippen LogP contribution < -0.4 is 0 Å². The normalized spacial score (nSPS) is 6.67. The maximum absolute atomic E-state index is 7.33. The molecule has 50 valence electrons. The zero-order chi connectivity index (χ0) is 4.50. The largest absolute Gasteiger partial charge is 0 e. The molecule has 0 rings (SSSR count). The summed E-state index contributed by atoms with van der Waals surface area (Å²) in [5.41, 5.74) is 0. The van der Waals surface area contributed by atoms with Crippen LogP contribution in [0.1, 0.15) is 0 Å². The van der Waals surface area contributed by atoms with Crippen LogP contribution >= 0.6 is 0 Å². The minimum absolute atomic E-state index is 0. The first-order valence-electron chi connectivity index (χ1n) is 0.894. The van der Waals surface area contributed by atoms with Crippen LogP contribution in [0.4, 0.5) is 0 Å². The second-order valence-corrected chi connectivity index (χ2v) is 1.80. The molecule has 6 N–H and O–H groups in total. The zero-order valence-corrected chi connectivity index (χ0v) is 7.46. The van der Waals surface area contributed by atoms with Crippen molar-refractivity contribution in [3.63, 3.8) is 0 Å². The topological polar surface area (TPSA) is 112 Å². The van der Waals surface area contributed by atoms with Gasteiger partial charge in [-0.1, -0.05) is 0 Å². The monoisotopic (exact) mass is 232 g/mol. The molecule has 0 atom stereocenters. The van der Waals surface area contributed by atoms with E-state index in [4.69, 9.17) is 19.2 Å². The summed E-state index contributed by atoms with van der Waals surface area (Å²) in [7, 11) is -4.61. The van der Waals surface area contributed by atoms with E-state index in [9.17, 15) is 0 Å². The third kappa shape index (κ3) is 144. The Morgan fingerprint density at radius 3 is 0.889 bits per heavy atom. The smallest absolute Gasteiger partial charge is 0 e. The van der Waals surface area contributed by atoms with Gasteiger partial charge in [-0.3, -0.25) is 0 Å². The van der Waals surface area contributed by atoms with Gasteiger partial charge >= 0.3 is 38.6 Å². The van der Waals surface area contributed by atoms with Gasteiger partial charge in [0.2, 0.25) is 0 Å². The molecule has 5 nitrogen and oxygen atoms in total. The summed E-state index contributed by atoms with van der Waals surface area (Å²) in [6, 6.07) is 0. The molecule has 0 saturated heterocycles. The summed E-state index contributed by atoms with van der Waals surface area (Å²) in [6.45, 7) is 0. The first-order valence-corrected chi connectivity index (χ1v) is 2.68. The molecular formula is H10AlNaO5SiZn. The molecule has 0 aromatic carbocycles. The Kier molecular flexibility index (Phi) is 43.2. The molecule has 0 fully saturated rings. The van der Waals surface area contributed by atoms with Crippen LogP contribution in [0.15, 0.2) is 0 Å². The van der Waals surface area contributed by atoms with E-state index in [1.54, 1.807) is 0 Å². The van der Waals surface area contributed by atoms with Gasteiger partial charge in [-0.15, -0.1) is 0 Å². The van der Waals surface area contributed by atoms with Gasteiger partial charge in [0, 0.05) is 19.5 Å². The van der Waals surface area contributed by atoms with E-state index >= 15 is 0 Å². The number of hydrogen-bond donors (Lipinski definition) is 4. The Bertz CT molecular complexity index is 32.4. The van der Waals surface area contributed by atoms with E-state index < -0.39 is 9.05 Å². The van der Waals surface area contributed by atoms with Crippen LogP contribution in [0.25, 0.3) is 0 Å². The maximum atomic E-state index is 7.33. The second kappa shape index (κ2) is 12.8. The van der Waals surface area contributed by atoms with Crippen molar-refractivity contribution in [3.05, 3.63) is 0 Å². The van der Waals surface area contributed by atoms with Crippen LogP contribution in [0.3, 0.4) is 0 Å². The Hall–Kier alpha value is 2.17. The quantitative estimate of drug-likeness (QED) is 0.313. The molecule has 0 aliphatic rings. The van der Waals surface area contributed by atoms with Crippen molar-refractivity contribution < 1.29 is 44.1 Å². The van der Waals surface area contributed by atoms with Crippen molar-refractivity contribution in [1.29, 1.82) is 0 Å². The SMILES string of the molecule is O.O[Si](O)(O)O.[AlH3].[NaH].[Zn]. The van der Waals surface area contributed by atoms with Gasteiger partial charge in [-0.25, -0.2) is 0 Å². The van der Waals surface area contributed by atoms with Gasteiger partial charge < -0.3 is 24.7 Å².